The molecule has 4 N–H and O–H groups in total. The predicted molar refractivity (Wildman–Crippen MR) is 24.4 cm³/mol. The molecule has 0 heterocycles. The van der Waals surface area contributed by atoms with Crippen molar-refractivity contribution in [1.29, 1.82) is 0 Å². The van der Waals surface area contributed by atoms with Crippen molar-refractivity contribution in [3.8, 4) is 0 Å². The molecule has 5 heteroatoms. The van der Waals surface area contributed by atoms with Gasteiger partial charge in [0.15, 0.2) is 0 Å². The van der Waals surface area contributed by atoms with Crippen LogP contribution >= 0.6 is 0 Å². The number of hydrogen-bond acceptors (Lipinski definition) is 5. The Kier molecular flexibility index (Phi) is 2.81. The van der Waals surface area contributed by atoms with E-state index in [4.69, 9.17) is 11.5 Å². The lowest BCUT2D eigenvalue weighted by Crippen LogP contribution is -2.44. The highest BCUT2D eigenvalue weighted by Crippen LogP contribution is 1.78. The Hall–Kier alpha value is -0.200. The third-order valence-corrected chi connectivity index (χ3v) is 0.423. The summed E-state index contributed by atoms with van der Waals surface area (Å²) in [5.74, 6) is 0. The lowest BCUT2D eigenvalue weighted by atomic mass is 11.0. The van der Waals surface area contributed by atoms with E-state index in [0.717, 1.165) is 0 Å². The second kappa shape index (κ2) is 2.89. The maximum Gasteiger partial charge on any atom is 0.120 e. The minimum absolute atomic E-state index is 0.0972. The summed E-state index contributed by atoms with van der Waals surface area (Å²) in [6.07, 6.45) is -1.08. The SMILES string of the molecule is CON([O-])C(N)N. The van der Waals surface area contributed by atoms with Crippen LogP contribution in [0.2, 0.25) is 0 Å². The van der Waals surface area contributed by atoms with Crippen molar-refractivity contribution in [1.82, 2.24) is 5.23 Å². The summed E-state index contributed by atoms with van der Waals surface area (Å²) in [5.41, 5.74) is 9.63. The van der Waals surface area contributed by atoms with Crippen molar-refractivity contribution < 1.29 is 4.84 Å². The lowest BCUT2D eigenvalue weighted by molar-refractivity contribution is -0.116. The Morgan fingerprint density at radius 3 is 2.14 bits per heavy atom. The van der Waals surface area contributed by atoms with E-state index >= 15 is 0 Å². The Morgan fingerprint density at radius 1 is 1.71 bits per heavy atom. The third kappa shape index (κ3) is 2.49. The molecule has 0 atom stereocenters. The van der Waals surface area contributed by atoms with Crippen LogP contribution in [0.4, 0.5) is 0 Å². The highest BCUT2D eigenvalue weighted by molar-refractivity contribution is 4.43. The molecule has 0 radical (unpaired) electrons. The highest BCUT2D eigenvalue weighted by atomic mass is 16.9. The van der Waals surface area contributed by atoms with Gasteiger partial charge in [-0.15, -0.1) is 0 Å². The first-order valence-electron chi connectivity index (χ1n) is 1.70. The Bertz CT molecular complexity index is 48.2. The molecule has 0 rings (SSSR count). The van der Waals surface area contributed by atoms with Crippen LogP contribution in [-0.4, -0.2) is 18.6 Å². The van der Waals surface area contributed by atoms with E-state index in [-0.39, 0.29) is 5.23 Å². The summed E-state index contributed by atoms with van der Waals surface area (Å²) in [6, 6.07) is 0. The van der Waals surface area contributed by atoms with E-state index in [0.29, 0.717) is 0 Å². The first kappa shape index (κ1) is 6.80. The minimum atomic E-state index is -1.08. The summed E-state index contributed by atoms with van der Waals surface area (Å²) < 4.78 is 0. The summed E-state index contributed by atoms with van der Waals surface area (Å²) >= 11 is 0. The number of rotatable bonds is 2. The van der Waals surface area contributed by atoms with Crippen LogP contribution < -0.4 is 11.5 Å². The molecular weight excluding hydrogens is 98.0 g/mol. The van der Waals surface area contributed by atoms with Crippen LogP contribution in [0.1, 0.15) is 0 Å². The van der Waals surface area contributed by atoms with Gasteiger partial charge in [0.05, 0.1) is 7.11 Å². The molecule has 0 aliphatic heterocycles. The molecule has 0 fully saturated rings. The monoisotopic (exact) mass is 106 g/mol. The average molecular weight is 106 g/mol. The molecule has 0 aromatic rings. The van der Waals surface area contributed by atoms with Gasteiger partial charge in [0.1, 0.15) is 6.29 Å². The van der Waals surface area contributed by atoms with Gasteiger partial charge in [0.2, 0.25) is 0 Å². The fraction of sp³-hybridized carbons (Fsp3) is 1.00. The maximum atomic E-state index is 9.96. The summed E-state index contributed by atoms with van der Waals surface area (Å²) in [6.45, 7) is 0. The fourth-order valence-electron chi connectivity index (χ4n) is 0.122. The number of nitrogens with two attached hydrogens (primary N) is 2. The molecule has 0 aliphatic rings. The molecule has 0 saturated carbocycles. The smallest absolute Gasteiger partial charge is 0.120 e. The molecule has 0 aromatic carbocycles. The molecule has 0 aromatic heterocycles. The second-order valence-corrected chi connectivity index (χ2v) is 0.959. The molecule has 0 aliphatic carbocycles. The van der Waals surface area contributed by atoms with Crippen molar-refractivity contribution in [2.45, 2.75) is 6.29 Å². The van der Waals surface area contributed by atoms with E-state index in [2.05, 4.69) is 4.84 Å². The molecule has 0 amide bonds. The van der Waals surface area contributed by atoms with Crippen LogP contribution in [0.3, 0.4) is 0 Å². The van der Waals surface area contributed by atoms with Gasteiger partial charge in [-0.3, -0.25) is 0 Å². The standard InChI is InChI=1S/C2H8N3O2/c1-7-5(6)2(3)4/h2H,3-4H2,1H3/q-1. The van der Waals surface area contributed by atoms with Crippen LogP contribution in [0, 0.1) is 5.21 Å². The normalized spacial score (nSPS) is 11.1. The zero-order chi connectivity index (χ0) is 5.86. The molecule has 0 spiro atoms. The molecule has 0 saturated heterocycles. The van der Waals surface area contributed by atoms with E-state index in [1.807, 2.05) is 0 Å². The average Bonchev–Trinajstić information content (AvgIpc) is 1.65. The van der Waals surface area contributed by atoms with Crippen molar-refractivity contribution in [3.05, 3.63) is 5.21 Å². The zero-order valence-electron chi connectivity index (χ0n) is 4.00. The summed E-state index contributed by atoms with van der Waals surface area (Å²) in [5, 5.41) is 10.1. The van der Waals surface area contributed by atoms with Gasteiger partial charge in [0, 0.05) is 0 Å². The first-order valence-corrected chi connectivity index (χ1v) is 1.70. The second-order valence-electron chi connectivity index (χ2n) is 0.959. The van der Waals surface area contributed by atoms with Crippen molar-refractivity contribution in [2.24, 2.45) is 11.5 Å². The van der Waals surface area contributed by atoms with Crippen molar-refractivity contribution >= 4 is 0 Å². The molecule has 7 heavy (non-hydrogen) atoms. The zero-order valence-corrected chi connectivity index (χ0v) is 4.00. The number of nitrogens with zero attached hydrogens (tertiary/aromatic N) is 1. The maximum absolute atomic E-state index is 9.96. The van der Waals surface area contributed by atoms with Gasteiger partial charge in [0.25, 0.3) is 0 Å². The quantitative estimate of drug-likeness (QED) is 0.332. The van der Waals surface area contributed by atoms with E-state index < -0.39 is 6.29 Å². The van der Waals surface area contributed by atoms with E-state index in [9.17, 15) is 5.21 Å². The Balaban J connectivity index is 3.14. The van der Waals surface area contributed by atoms with Crippen LogP contribution in [0.5, 0.6) is 0 Å². The number of hydrogen-bond donors (Lipinski definition) is 2. The fourth-order valence-corrected chi connectivity index (χ4v) is 0.122. The van der Waals surface area contributed by atoms with Gasteiger partial charge in [-0.2, -0.15) is 0 Å². The van der Waals surface area contributed by atoms with Gasteiger partial charge in [-0.25, -0.2) is 5.23 Å². The number of hydroxylamine groups is 2. The van der Waals surface area contributed by atoms with Gasteiger partial charge >= 0.3 is 0 Å². The molecule has 44 valence electrons. The van der Waals surface area contributed by atoms with Gasteiger partial charge in [-0.05, 0) is 0 Å². The van der Waals surface area contributed by atoms with E-state index in [1.54, 1.807) is 0 Å². The topological polar surface area (TPSA) is 87.6 Å². The predicted octanol–water partition coefficient (Wildman–Crippen LogP) is -1.45. The van der Waals surface area contributed by atoms with Crippen molar-refractivity contribution in [3.63, 3.8) is 0 Å². The lowest BCUT2D eigenvalue weighted by Gasteiger charge is -2.27. The summed E-state index contributed by atoms with van der Waals surface area (Å²) in [7, 11) is 1.19. The molecule has 5 nitrogen and oxygen atoms in total. The van der Waals surface area contributed by atoms with Gasteiger partial charge < -0.3 is 21.5 Å². The van der Waals surface area contributed by atoms with E-state index in [1.165, 1.54) is 7.11 Å². The Labute approximate surface area is 41.4 Å². The first-order chi connectivity index (χ1) is 3.18. The summed E-state index contributed by atoms with van der Waals surface area (Å²) in [4.78, 5) is 4.04. The van der Waals surface area contributed by atoms with Crippen molar-refractivity contribution in [2.75, 3.05) is 7.11 Å². The van der Waals surface area contributed by atoms with Gasteiger partial charge in [-0.1, -0.05) is 0 Å². The minimum Gasteiger partial charge on any atom is -0.760 e. The third-order valence-electron chi connectivity index (χ3n) is 0.423. The molecule has 0 unspecified atom stereocenters. The molecular formula is C2H8N3O2-. The largest absolute Gasteiger partial charge is 0.760 e. The van der Waals surface area contributed by atoms with Crippen LogP contribution in [0.15, 0.2) is 0 Å². The van der Waals surface area contributed by atoms with Crippen LogP contribution in [-0.2, 0) is 4.84 Å². The highest BCUT2D eigenvalue weighted by Gasteiger charge is 1.90. The molecule has 0 bridgehead atoms. The van der Waals surface area contributed by atoms with Crippen LogP contribution in [0.25, 0.3) is 0 Å². The Morgan fingerprint density at radius 2 is 2.14 bits per heavy atom.